The Labute approximate surface area is 91.5 Å². The lowest BCUT2D eigenvalue weighted by Gasteiger charge is -2.27. The van der Waals surface area contributed by atoms with Crippen molar-refractivity contribution in [3.63, 3.8) is 0 Å². The van der Waals surface area contributed by atoms with Crippen molar-refractivity contribution in [2.75, 3.05) is 13.1 Å². The zero-order valence-electron chi connectivity index (χ0n) is 9.37. The van der Waals surface area contributed by atoms with Crippen LogP contribution in [0.15, 0.2) is 18.3 Å². The average Bonchev–Trinajstić information content (AvgIpc) is 2.29. The molecular weight excluding hydrogens is 186 g/mol. The minimum absolute atomic E-state index is 0.854. The Morgan fingerprint density at radius 3 is 2.87 bits per heavy atom. The number of pyridine rings is 1. The molecule has 1 N–H and O–H groups in total. The van der Waals surface area contributed by atoms with E-state index in [-0.39, 0.29) is 0 Å². The Kier molecular flexibility index (Phi) is 3.69. The largest absolute Gasteiger partial charge is 0.260 e. The van der Waals surface area contributed by atoms with E-state index in [1.54, 1.807) is 0 Å². The van der Waals surface area contributed by atoms with E-state index in [2.05, 4.69) is 28.4 Å². The fraction of sp³-hybridized carbons (Fsp3) is 0.583. The van der Waals surface area contributed by atoms with Gasteiger partial charge in [-0.2, -0.15) is 0 Å². The molecule has 2 rings (SSSR count). The first kappa shape index (κ1) is 10.6. The second-order valence-electron chi connectivity index (χ2n) is 4.15. The zero-order valence-corrected chi connectivity index (χ0v) is 9.37. The van der Waals surface area contributed by atoms with Gasteiger partial charge in [0, 0.05) is 19.3 Å². The minimum atomic E-state index is 0.854. The molecule has 0 aliphatic carbocycles. The molecule has 1 saturated heterocycles. The van der Waals surface area contributed by atoms with E-state index in [1.807, 2.05) is 12.3 Å². The van der Waals surface area contributed by atoms with Gasteiger partial charge in [-0.05, 0) is 31.4 Å². The van der Waals surface area contributed by atoms with Crippen molar-refractivity contribution in [1.29, 1.82) is 0 Å². The summed E-state index contributed by atoms with van der Waals surface area (Å²) in [6.45, 7) is 5.31. The Morgan fingerprint density at radius 1 is 1.33 bits per heavy atom. The van der Waals surface area contributed by atoms with Crippen molar-refractivity contribution in [2.45, 2.75) is 32.7 Å². The number of aromatic nitrogens is 1. The van der Waals surface area contributed by atoms with Gasteiger partial charge in [0.05, 0.1) is 12.2 Å². The third-order valence-electron chi connectivity index (χ3n) is 2.94. The van der Waals surface area contributed by atoms with Gasteiger partial charge in [-0.1, -0.05) is 12.5 Å². The lowest BCUT2D eigenvalue weighted by Crippen LogP contribution is -2.41. The van der Waals surface area contributed by atoms with Crippen molar-refractivity contribution in [1.82, 2.24) is 15.4 Å². The third-order valence-corrected chi connectivity index (χ3v) is 2.94. The summed E-state index contributed by atoms with van der Waals surface area (Å²) in [7, 11) is 0. The van der Waals surface area contributed by atoms with Crippen LogP contribution >= 0.6 is 0 Å². The van der Waals surface area contributed by atoms with Crippen molar-refractivity contribution in [3.05, 3.63) is 29.6 Å². The minimum Gasteiger partial charge on any atom is -0.260 e. The normalized spacial score (nSPS) is 17.9. The fourth-order valence-corrected chi connectivity index (χ4v) is 1.94. The average molecular weight is 205 g/mol. The van der Waals surface area contributed by atoms with Crippen LogP contribution < -0.4 is 5.43 Å². The fourth-order valence-electron chi connectivity index (χ4n) is 1.94. The summed E-state index contributed by atoms with van der Waals surface area (Å²) in [5.41, 5.74) is 5.87. The number of nitrogens with one attached hydrogen (secondary N) is 1. The molecule has 0 radical (unpaired) electrons. The first-order chi connectivity index (χ1) is 7.36. The number of nitrogens with zero attached hydrogens (tertiary/aromatic N) is 2. The van der Waals surface area contributed by atoms with Gasteiger partial charge in [0.25, 0.3) is 0 Å². The van der Waals surface area contributed by atoms with Crippen LogP contribution in [-0.2, 0) is 6.54 Å². The van der Waals surface area contributed by atoms with Gasteiger partial charge < -0.3 is 0 Å². The molecule has 3 nitrogen and oxygen atoms in total. The van der Waals surface area contributed by atoms with Gasteiger partial charge in [-0.15, -0.1) is 0 Å². The summed E-state index contributed by atoms with van der Waals surface area (Å²) >= 11 is 0. The lowest BCUT2D eigenvalue weighted by molar-refractivity contribution is 0.150. The molecule has 0 unspecified atom stereocenters. The van der Waals surface area contributed by atoms with Crippen molar-refractivity contribution >= 4 is 0 Å². The lowest BCUT2D eigenvalue weighted by atomic mass is 10.2. The molecule has 0 aromatic carbocycles. The van der Waals surface area contributed by atoms with Gasteiger partial charge in [0.15, 0.2) is 0 Å². The van der Waals surface area contributed by atoms with Gasteiger partial charge in [-0.25, -0.2) is 10.4 Å². The number of piperidine rings is 1. The molecule has 0 bridgehead atoms. The highest BCUT2D eigenvalue weighted by atomic mass is 15.5. The van der Waals surface area contributed by atoms with Crippen LogP contribution in [0.3, 0.4) is 0 Å². The number of hydrazine groups is 1. The van der Waals surface area contributed by atoms with E-state index in [9.17, 15) is 0 Å². The summed E-state index contributed by atoms with van der Waals surface area (Å²) in [6, 6.07) is 4.10. The zero-order chi connectivity index (χ0) is 10.5. The first-order valence-electron chi connectivity index (χ1n) is 5.75. The Balaban J connectivity index is 1.84. The van der Waals surface area contributed by atoms with Crippen LogP contribution in [0.5, 0.6) is 0 Å². The molecule has 1 aromatic rings. The number of hydrogen-bond acceptors (Lipinski definition) is 3. The van der Waals surface area contributed by atoms with Gasteiger partial charge >= 0.3 is 0 Å². The summed E-state index contributed by atoms with van der Waals surface area (Å²) in [6.07, 6.45) is 5.86. The molecule has 82 valence electrons. The summed E-state index contributed by atoms with van der Waals surface area (Å²) < 4.78 is 0. The van der Waals surface area contributed by atoms with Gasteiger partial charge in [0.2, 0.25) is 0 Å². The van der Waals surface area contributed by atoms with E-state index in [0.717, 1.165) is 12.2 Å². The standard InChI is InChI=1S/C12H19N3/c1-11-6-5-7-13-12(11)10-14-15-8-3-2-4-9-15/h5-7,14H,2-4,8-10H2,1H3. The Bertz CT molecular complexity index is 305. The van der Waals surface area contributed by atoms with Crippen LogP contribution in [0.25, 0.3) is 0 Å². The maximum absolute atomic E-state index is 4.37. The van der Waals surface area contributed by atoms with Crippen molar-refractivity contribution < 1.29 is 0 Å². The molecule has 0 saturated carbocycles. The summed E-state index contributed by atoms with van der Waals surface area (Å²) in [4.78, 5) is 4.37. The SMILES string of the molecule is Cc1cccnc1CNN1CCCCC1. The molecule has 1 aliphatic rings. The number of rotatable bonds is 3. The summed E-state index contributed by atoms with van der Waals surface area (Å²) in [5.74, 6) is 0. The molecule has 1 fully saturated rings. The summed E-state index contributed by atoms with van der Waals surface area (Å²) in [5, 5.41) is 2.32. The van der Waals surface area contributed by atoms with Crippen LogP contribution in [0.1, 0.15) is 30.5 Å². The predicted octanol–water partition coefficient (Wildman–Crippen LogP) is 1.88. The van der Waals surface area contributed by atoms with E-state index >= 15 is 0 Å². The van der Waals surface area contributed by atoms with E-state index < -0.39 is 0 Å². The first-order valence-corrected chi connectivity index (χ1v) is 5.75. The quantitative estimate of drug-likeness (QED) is 0.816. The van der Waals surface area contributed by atoms with E-state index in [1.165, 1.54) is 37.9 Å². The highest BCUT2D eigenvalue weighted by Crippen LogP contribution is 2.07. The molecule has 2 heterocycles. The van der Waals surface area contributed by atoms with Crippen LogP contribution in [0, 0.1) is 6.92 Å². The Hall–Kier alpha value is -0.930. The van der Waals surface area contributed by atoms with E-state index in [0.29, 0.717) is 0 Å². The number of hydrogen-bond donors (Lipinski definition) is 1. The smallest absolute Gasteiger partial charge is 0.0584 e. The molecule has 0 amide bonds. The predicted molar refractivity (Wildman–Crippen MR) is 61.2 cm³/mol. The molecule has 15 heavy (non-hydrogen) atoms. The maximum Gasteiger partial charge on any atom is 0.0584 e. The maximum atomic E-state index is 4.37. The highest BCUT2D eigenvalue weighted by Gasteiger charge is 2.09. The Morgan fingerprint density at radius 2 is 2.13 bits per heavy atom. The second kappa shape index (κ2) is 5.24. The molecule has 3 heteroatoms. The molecule has 0 atom stereocenters. The molecule has 1 aromatic heterocycles. The van der Waals surface area contributed by atoms with Crippen molar-refractivity contribution in [3.8, 4) is 0 Å². The van der Waals surface area contributed by atoms with Crippen molar-refractivity contribution in [2.24, 2.45) is 0 Å². The van der Waals surface area contributed by atoms with Gasteiger partial charge in [-0.3, -0.25) is 4.98 Å². The number of aryl methyl sites for hydroxylation is 1. The molecule has 0 spiro atoms. The van der Waals surface area contributed by atoms with Crippen LogP contribution in [-0.4, -0.2) is 23.1 Å². The van der Waals surface area contributed by atoms with E-state index in [4.69, 9.17) is 0 Å². The van der Waals surface area contributed by atoms with Gasteiger partial charge in [0.1, 0.15) is 0 Å². The van der Waals surface area contributed by atoms with Crippen LogP contribution in [0.2, 0.25) is 0 Å². The third kappa shape index (κ3) is 3.01. The topological polar surface area (TPSA) is 28.2 Å². The molecule has 1 aliphatic heterocycles. The second-order valence-corrected chi connectivity index (χ2v) is 4.15. The highest BCUT2D eigenvalue weighted by molar-refractivity contribution is 5.17. The van der Waals surface area contributed by atoms with Crippen LogP contribution in [0.4, 0.5) is 0 Å². The monoisotopic (exact) mass is 205 g/mol. The molecular formula is C12H19N3.